The number of hydrogen-bond donors (Lipinski definition) is 2. The molecule has 3 heteroatoms. The summed E-state index contributed by atoms with van der Waals surface area (Å²) in [7, 11) is 0. The zero-order valence-electron chi connectivity index (χ0n) is 14.6. The molecule has 1 heterocycles. The van der Waals surface area contributed by atoms with Crippen molar-refractivity contribution >= 4 is 11.6 Å². The first-order valence-corrected chi connectivity index (χ1v) is 8.97. The van der Waals surface area contributed by atoms with Gasteiger partial charge in [0.2, 0.25) is 0 Å². The second-order valence-electron chi connectivity index (χ2n) is 6.84. The van der Waals surface area contributed by atoms with Crippen LogP contribution in [0.3, 0.4) is 0 Å². The molecular weight excluding hydrogens is 296 g/mol. The number of hydrogen-bond acceptors (Lipinski definition) is 1. The van der Waals surface area contributed by atoms with Crippen molar-refractivity contribution in [2.24, 2.45) is 0 Å². The molecule has 0 radical (unpaired) electrons. The van der Waals surface area contributed by atoms with Crippen molar-refractivity contribution in [2.75, 3.05) is 11.9 Å². The number of benzene rings is 2. The van der Waals surface area contributed by atoms with Crippen LogP contribution in [0.1, 0.15) is 33.1 Å². The Morgan fingerprint density at radius 1 is 1.08 bits per heavy atom. The Balaban J connectivity index is 1.77. The summed E-state index contributed by atoms with van der Waals surface area (Å²) >= 11 is 0. The average Bonchev–Trinajstić information content (AvgIpc) is 2.63. The molecule has 1 unspecified atom stereocenters. The fourth-order valence-electron chi connectivity index (χ4n) is 3.73. The van der Waals surface area contributed by atoms with Gasteiger partial charge in [-0.25, -0.2) is 0 Å². The highest BCUT2D eigenvalue weighted by Crippen LogP contribution is 2.27. The monoisotopic (exact) mass is 323 g/mol. The normalized spacial score (nSPS) is 21.9. The van der Waals surface area contributed by atoms with E-state index in [1.165, 1.54) is 24.2 Å². The highest BCUT2D eigenvalue weighted by atomic mass is 16.2. The summed E-state index contributed by atoms with van der Waals surface area (Å²) in [6, 6.07) is 18.8. The first-order chi connectivity index (χ1) is 11.7. The highest BCUT2D eigenvalue weighted by Gasteiger charge is 2.31. The first-order valence-electron chi connectivity index (χ1n) is 8.97. The lowest BCUT2D eigenvalue weighted by Crippen LogP contribution is -3.20. The van der Waals surface area contributed by atoms with Gasteiger partial charge in [-0.2, -0.15) is 0 Å². The molecule has 2 N–H and O–H groups in total. The number of anilines is 1. The molecule has 1 aliphatic heterocycles. The minimum absolute atomic E-state index is 0.0240. The van der Waals surface area contributed by atoms with Crippen LogP contribution in [0.5, 0.6) is 0 Å². The van der Waals surface area contributed by atoms with Crippen molar-refractivity contribution in [1.82, 2.24) is 0 Å². The lowest BCUT2D eigenvalue weighted by Gasteiger charge is -2.34. The summed E-state index contributed by atoms with van der Waals surface area (Å²) in [5.41, 5.74) is 3.09. The van der Waals surface area contributed by atoms with Gasteiger partial charge in [-0.15, -0.1) is 0 Å². The van der Waals surface area contributed by atoms with Gasteiger partial charge in [-0.3, -0.25) is 4.79 Å². The number of piperidine rings is 1. The Labute approximate surface area is 144 Å². The molecule has 0 bridgehead atoms. The summed E-state index contributed by atoms with van der Waals surface area (Å²) in [4.78, 5) is 14.2. The summed E-state index contributed by atoms with van der Waals surface area (Å²) in [5, 5.41) is 3.17. The second kappa shape index (κ2) is 7.63. The number of carbonyl (C=O) groups is 1. The third kappa shape index (κ3) is 3.68. The van der Waals surface area contributed by atoms with Crippen LogP contribution in [-0.2, 0) is 4.79 Å². The fourth-order valence-corrected chi connectivity index (χ4v) is 3.73. The van der Waals surface area contributed by atoms with Crippen LogP contribution in [0, 0.1) is 0 Å². The first kappa shape index (κ1) is 16.7. The molecule has 126 valence electrons. The SMILES string of the molecule is C[C@@H]1CCCC[NH+]1[C@@H](C)C(=O)Nc1ccccc1-c1ccccc1. The van der Waals surface area contributed by atoms with Gasteiger partial charge in [-0.1, -0.05) is 48.5 Å². The molecule has 2 aromatic rings. The summed E-state index contributed by atoms with van der Waals surface area (Å²) in [6.45, 7) is 5.41. The van der Waals surface area contributed by atoms with Gasteiger partial charge in [0.25, 0.3) is 5.91 Å². The number of likely N-dealkylation sites (tertiary alicyclic amines) is 1. The van der Waals surface area contributed by atoms with Crippen molar-refractivity contribution in [1.29, 1.82) is 0 Å². The fraction of sp³-hybridized carbons (Fsp3) is 0.381. The van der Waals surface area contributed by atoms with Crippen LogP contribution in [-0.4, -0.2) is 24.5 Å². The van der Waals surface area contributed by atoms with E-state index in [1.807, 2.05) is 36.4 Å². The lowest BCUT2D eigenvalue weighted by molar-refractivity contribution is -0.941. The Hall–Kier alpha value is -2.13. The van der Waals surface area contributed by atoms with Crippen molar-refractivity contribution in [3.8, 4) is 11.1 Å². The lowest BCUT2D eigenvalue weighted by atomic mass is 10.0. The predicted molar refractivity (Wildman–Crippen MR) is 99.1 cm³/mol. The van der Waals surface area contributed by atoms with E-state index in [-0.39, 0.29) is 11.9 Å². The van der Waals surface area contributed by atoms with E-state index in [1.54, 1.807) is 0 Å². The molecule has 0 saturated carbocycles. The zero-order valence-corrected chi connectivity index (χ0v) is 14.6. The molecule has 1 saturated heterocycles. The Bertz CT molecular complexity index is 683. The molecule has 1 aliphatic rings. The maximum Gasteiger partial charge on any atom is 0.282 e. The standard InChI is InChI=1S/C21H26N2O/c1-16-10-8-9-15-23(16)17(2)21(24)22-20-14-7-6-13-19(20)18-11-4-3-5-12-18/h3-7,11-14,16-17H,8-10,15H2,1-2H3,(H,22,24)/p+1/t16-,17+/m1/s1. The van der Waals surface area contributed by atoms with Crippen LogP contribution in [0.15, 0.2) is 54.6 Å². The van der Waals surface area contributed by atoms with E-state index in [4.69, 9.17) is 0 Å². The number of nitrogens with one attached hydrogen (secondary N) is 2. The molecule has 3 nitrogen and oxygen atoms in total. The van der Waals surface area contributed by atoms with Gasteiger partial charge < -0.3 is 10.2 Å². The number of para-hydroxylation sites is 1. The number of quaternary nitrogens is 1. The van der Waals surface area contributed by atoms with Gasteiger partial charge in [0.05, 0.1) is 12.6 Å². The van der Waals surface area contributed by atoms with E-state index < -0.39 is 0 Å². The van der Waals surface area contributed by atoms with E-state index in [0.717, 1.165) is 23.4 Å². The minimum atomic E-state index is -0.0240. The quantitative estimate of drug-likeness (QED) is 0.890. The van der Waals surface area contributed by atoms with Crippen LogP contribution in [0.25, 0.3) is 11.1 Å². The molecule has 3 atom stereocenters. The highest BCUT2D eigenvalue weighted by molar-refractivity contribution is 5.97. The molecule has 24 heavy (non-hydrogen) atoms. The Morgan fingerprint density at radius 3 is 2.54 bits per heavy atom. The van der Waals surface area contributed by atoms with Gasteiger partial charge >= 0.3 is 0 Å². The van der Waals surface area contributed by atoms with Crippen molar-refractivity contribution in [3.63, 3.8) is 0 Å². The maximum atomic E-state index is 12.8. The smallest absolute Gasteiger partial charge is 0.282 e. The third-order valence-corrected chi connectivity index (χ3v) is 5.20. The second-order valence-corrected chi connectivity index (χ2v) is 6.84. The summed E-state index contributed by atoms with van der Waals surface area (Å²) in [6.07, 6.45) is 3.72. The van der Waals surface area contributed by atoms with Crippen LogP contribution < -0.4 is 10.2 Å². The van der Waals surface area contributed by atoms with Crippen molar-refractivity contribution in [3.05, 3.63) is 54.6 Å². The van der Waals surface area contributed by atoms with Crippen molar-refractivity contribution < 1.29 is 9.69 Å². The van der Waals surface area contributed by atoms with Gasteiger partial charge in [0.1, 0.15) is 0 Å². The largest absolute Gasteiger partial charge is 0.323 e. The topological polar surface area (TPSA) is 33.5 Å². The molecular formula is C21H27N2O+. The van der Waals surface area contributed by atoms with E-state index in [0.29, 0.717) is 6.04 Å². The Kier molecular flexibility index (Phi) is 5.31. The van der Waals surface area contributed by atoms with Gasteiger partial charge in [-0.05, 0) is 44.7 Å². The summed E-state index contributed by atoms with van der Waals surface area (Å²) in [5.74, 6) is 0.113. The molecule has 0 spiro atoms. The minimum Gasteiger partial charge on any atom is -0.323 e. The number of amides is 1. The average molecular weight is 323 g/mol. The number of rotatable bonds is 4. The van der Waals surface area contributed by atoms with E-state index in [9.17, 15) is 4.79 Å². The van der Waals surface area contributed by atoms with Crippen LogP contribution >= 0.6 is 0 Å². The number of carbonyl (C=O) groups excluding carboxylic acids is 1. The van der Waals surface area contributed by atoms with Gasteiger partial charge in [0, 0.05) is 11.3 Å². The summed E-state index contributed by atoms with van der Waals surface area (Å²) < 4.78 is 0. The zero-order chi connectivity index (χ0) is 16.9. The molecule has 0 aliphatic carbocycles. The molecule has 2 aromatic carbocycles. The molecule has 1 fully saturated rings. The molecule has 3 rings (SSSR count). The maximum absolute atomic E-state index is 12.8. The van der Waals surface area contributed by atoms with Gasteiger partial charge in [0.15, 0.2) is 6.04 Å². The molecule has 0 aromatic heterocycles. The van der Waals surface area contributed by atoms with Crippen LogP contribution in [0.2, 0.25) is 0 Å². The van der Waals surface area contributed by atoms with Crippen LogP contribution in [0.4, 0.5) is 5.69 Å². The van der Waals surface area contributed by atoms with E-state index >= 15 is 0 Å². The van der Waals surface area contributed by atoms with E-state index in [2.05, 4.69) is 37.4 Å². The third-order valence-electron chi connectivity index (χ3n) is 5.20. The van der Waals surface area contributed by atoms with Crippen molar-refractivity contribution in [2.45, 2.75) is 45.2 Å². The Morgan fingerprint density at radius 2 is 1.79 bits per heavy atom. The predicted octanol–water partition coefficient (Wildman–Crippen LogP) is 3.14. The molecule has 1 amide bonds.